The molecule has 12 amide bonds. The van der Waals surface area contributed by atoms with Gasteiger partial charge in [0.05, 0.1) is 26.1 Å². The van der Waals surface area contributed by atoms with E-state index in [9.17, 15) is 46.7 Å². The van der Waals surface area contributed by atoms with E-state index in [1.807, 2.05) is 0 Å². The molecule has 11 atom stereocenters. The second kappa shape index (κ2) is 34.4. The highest BCUT2D eigenvalue weighted by Crippen LogP contribution is 2.45. The highest BCUT2D eigenvalue weighted by Gasteiger charge is 2.57. The first-order valence-electron chi connectivity index (χ1n) is 36.1. The monoisotopic (exact) mass is 1440 g/mol. The van der Waals surface area contributed by atoms with Gasteiger partial charge in [-0.05, 0) is 107 Å². The number of alkyl halides is 7. The molecule has 568 valence electrons. The molecule has 4 saturated carbocycles. The quantitative estimate of drug-likeness (QED) is 0.189. The second-order valence-electron chi connectivity index (χ2n) is 29.9. The Labute approximate surface area is 588 Å². The van der Waals surface area contributed by atoms with Crippen LogP contribution in [-0.2, 0) is 57.5 Å². The zero-order valence-electron chi connectivity index (χ0n) is 60.5. The largest absolute Gasteiger partial charge is 0.397 e. The number of likely N-dealkylation sites (N-methyl/N-ethyl adjacent to an activating group) is 7. The Hall–Kier alpha value is -7.11. The van der Waals surface area contributed by atoms with Gasteiger partial charge in [0.2, 0.25) is 70.9 Å². The van der Waals surface area contributed by atoms with Gasteiger partial charge in [-0.1, -0.05) is 84.3 Å². The van der Waals surface area contributed by atoms with Crippen LogP contribution >= 0.6 is 0 Å². The van der Waals surface area contributed by atoms with E-state index in [0.29, 0.717) is 56.3 Å². The molecule has 3 heterocycles. The summed E-state index contributed by atoms with van der Waals surface area (Å²) in [5.41, 5.74) is -1.85. The third kappa shape index (κ3) is 19.2. The van der Waals surface area contributed by atoms with Crippen LogP contribution in [0.2, 0.25) is 0 Å². The van der Waals surface area contributed by atoms with Crippen LogP contribution in [-0.4, -0.2) is 276 Å². The van der Waals surface area contributed by atoms with Gasteiger partial charge >= 0.3 is 6.18 Å². The Morgan fingerprint density at radius 1 is 0.653 bits per heavy atom. The van der Waals surface area contributed by atoms with Crippen LogP contribution in [0, 0.1) is 29.6 Å². The summed E-state index contributed by atoms with van der Waals surface area (Å²) >= 11 is 0. The minimum atomic E-state index is -5.23. The Kier molecular flexibility index (Phi) is 27.7. The van der Waals surface area contributed by atoms with Crippen LogP contribution in [0.4, 0.5) is 30.7 Å². The molecule has 4 aliphatic carbocycles. The second-order valence-corrected chi connectivity index (χ2v) is 29.9. The van der Waals surface area contributed by atoms with Crippen LogP contribution in [0.15, 0.2) is 12.2 Å². The van der Waals surface area contributed by atoms with Crippen molar-refractivity contribution in [2.75, 3.05) is 82.6 Å². The van der Waals surface area contributed by atoms with Crippen molar-refractivity contribution in [1.29, 1.82) is 0 Å². The lowest BCUT2D eigenvalue weighted by Crippen LogP contribution is -2.68. The molecule has 3 aliphatic heterocycles. The molecule has 0 aromatic rings. The summed E-state index contributed by atoms with van der Waals surface area (Å²) in [6.45, 7) is 2.26. The molecule has 2 unspecified atom stereocenters. The highest BCUT2D eigenvalue weighted by molar-refractivity contribution is 6.01. The van der Waals surface area contributed by atoms with Gasteiger partial charge < -0.3 is 60.0 Å². The molecule has 7 rings (SSSR count). The van der Waals surface area contributed by atoms with Crippen molar-refractivity contribution >= 4 is 70.9 Å². The minimum absolute atomic E-state index is 0.00808. The van der Waals surface area contributed by atoms with Gasteiger partial charge in [0, 0.05) is 69.3 Å². The van der Waals surface area contributed by atoms with E-state index in [1.165, 1.54) is 71.1 Å². The van der Waals surface area contributed by atoms with Gasteiger partial charge in [0.1, 0.15) is 72.1 Å². The minimum Gasteiger partial charge on any atom is -0.347 e. The Morgan fingerprint density at radius 2 is 1.27 bits per heavy atom. The third-order valence-electron chi connectivity index (χ3n) is 22.6. The SMILES string of the molecule is CC[C@H](C)[C@@H]1NC(=O)[C@H](CC)N(C)C(=O)C[C@@H](C(=O)N(C)C)N(C)C(=O)[C@H](C2CCCC2)N(C)C(=O)C2(CCC2)NC(=O)[C@@H]2CC(F)(F)CN2C(=O)[C@H](CCC2CC(F)C(C(F)(F)F)C(F)C2)NC(=O)CN(C)C(=O)[C@H](CC2CCCCC2)N2CC/C=C\C[C@@H](C2=O)N(C)C(=O)CN(C)C1=O. The maximum atomic E-state index is 16.1. The lowest BCUT2D eigenvalue weighted by Gasteiger charge is -2.46. The van der Waals surface area contributed by atoms with E-state index in [2.05, 4.69) is 16.0 Å². The normalized spacial score (nSPS) is 31.6. The van der Waals surface area contributed by atoms with Crippen molar-refractivity contribution in [3.63, 3.8) is 0 Å². The summed E-state index contributed by atoms with van der Waals surface area (Å²) < 4.78 is 104. The van der Waals surface area contributed by atoms with Crippen molar-refractivity contribution in [3.05, 3.63) is 12.2 Å². The first-order valence-corrected chi connectivity index (χ1v) is 36.1. The zero-order chi connectivity index (χ0) is 74.9. The molecule has 0 aromatic carbocycles. The molecule has 101 heavy (non-hydrogen) atoms. The standard InChI is InChI=1S/C70H107F7N12O12/c1-12-41(3)57-65(99)83(7)39-55(92)85(9)49-27-18-15-21-32-88(64(49)98)51(35-42-23-16-14-17-24-42)63(97)82(6)38-53(90)78-47(29-28-43-33-45(71)56(46(72)34-43)70(75,76)77)61(95)89-40-69(73,74)37-52(89)60(94)80-68(30-22-31-68)67(101)87(11)58(44-25-19-20-26-44)66(100)86(10)50(62(96)81(4)5)36-54(91)84(8)48(13-2)59(93)79-57/h15,18,41-52,56-58H,12-14,16-17,19-40H2,1-11H3,(H,78,90)(H,79,93)(H,80,94)/b18-15-/t41-,43?,45?,46?,47-,48-,49-,50-,51-,52-,56?,57-,58-/m0/s1. The van der Waals surface area contributed by atoms with Crippen LogP contribution in [0.5, 0.6) is 0 Å². The molecule has 31 heteroatoms. The zero-order valence-corrected chi connectivity index (χ0v) is 60.5. The molecular formula is C70H107F7N12O12. The fraction of sp³-hybridized carbons (Fsp3) is 0.800. The first kappa shape index (κ1) is 81.2. The van der Waals surface area contributed by atoms with Crippen LogP contribution in [0.1, 0.15) is 168 Å². The topological polar surface area (TPSA) is 270 Å². The van der Waals surface area contributed by atoms with Gasteiger partial charge in [-0.2, -0.15) is 13.2 Å². The number of carbonyl (C=O) groups excluding carboxylic acids is 12. The number of rotatable bonds is 10. The van der Waals surface area contributed by atoms with Gasteiger partial charge in [0.15, 0.2) is 0 Å². The average Bonchev–Trinajstić information content (AvgIpc) is 1.73. The summed E-state index contributed by atoms with van der Waals surface area (Å²) in [6.07, 6.45) is -4.68. The Morgan fingerprint density at radius 3 is 1.84 bits per heavy atom. The molecule has 6 fully saturated rings. The third-order valence-corrected chi connectivity index (χ3v) is 22.6. The molecule has 0 radical (unpaired) electrons. The van der Waals surface area contributed by atoms with E-state index in [4.69, 9.17) is 0 Å². The summed E-state index contributed by atoms with van der Waals surface area (Å²) in [4.78, 5) is 188. The summed E-state index contributed by atoms with van der Waals surface area (Å²) in [7, 11) is 10.8. The average molecular weight is 1440 g/mol. The highest BCUT2D eigenvalue weighted by atomic mass is 19.4. The smallest absolute Gasteiger partial charge is 0.347 e. The summed E-state index contributed by atoms with van der Waals surface area (Å²) in [5, 5.41) is 7.96. The van der Waals surface area contributed by atoms with Gasteiger partial charge in [-0.25, -0.2) is 17.6 Å². The predicted octanol–water partition coefficient (Wildman–Crippen LogP) is 5.16. The van der Waals surface area contributed by atoms with Crippen molar-refractivity contribution in [2.45, 2.75) is 247 Å². The van der Waals surface area contributed by atoms with Crippen LogP contribution in [0.25, 0.3) is 0 Å². The fourth-order valence-corrected chi connectivity index (χ4v) is 16.1. The van der Waals surface area contributed by atoms with Crippen molar-refractivity contribution in [1.82, 2.24) is 60.0 Å². The molecule has 3 N–H and O–H groups in total. The van der Waals surface area contributed by atoms with Crippen LogP contribution < -0.4 is 16.0 Å². The van der Waals surface area contributed by atoms with Crippen molar-refractivity contribution < 1.29 is 88.3 Å². The van der Waals surface area contributed by atoms with Crippen LogP contribution in [0.3, 0.4) is 0 Å². The lowest BCUT2D eigenvalue weighted by atomic mass is 9.74. The first-order chi connectivity index (χ1) is 47.4. The van der Waals surface area contributed by atoms with Gasteiger partial charge in [-0.15, -0.1) is 0 Å². The maximum absolute atomic E-state index is 16.1. The molecule has 24 nitrogen and oxygen atoms in total. The number of halogens is 7. The molecular weight excluding hydrogens is 1330 g/mol. The van der Waals surface area contributed by atoms with E-state index in [0.717, 1.165) is 43.8 Å². The van der Waals surface area contributed by atoms with Crippen molar-refractivity contribution in [3.8, 4) is 0 Å². The number of carbonyl (C=O) groups is 12. The molecule has 2 saturated heterocycles. The number of hydrogen-bond acceptors (Lipinski definition) is 12. The lowest BCUT2D eigenvalue weighted by molar-refractivity contribution is -0.219. The summed E-state index contributed by atoms with van der Waals surface area (Å²) in [6, 6.07) is -11.8. The number of nitrogens with one attached hydrogen (secondary N) is 3. The Bertz CT molecular complexity index is 3040. The molecule has 1 spiro atoms. The van der Waals surface area contributed by atoms with Gasteiger partial charge in [0.25, 0.3) is 5.92 Å². The number of amides is 12. The predicted molar refractivity (Wildman–Crippen MR) is 357 cm³/mol. The molecule has 0 aromatic heterocycles. The van der Waals surface area contributed by atoms with E-state index in [-0.39, 0.29) is 51.0 Å². The van der Waals surface area contributed by atoms with E-state index < -0.39 is 231 Å². The molecule has 7 aliphatic rings. The van der Waals surface area contributed by atoms with E-state index in [1.54, 1.807) is 32.9 Å². The fourth-order valence-electron chi connectivity index (χ4n) is 16.1. The molecule has 2 bridgehead atoms. The number of hydrogen-bond donors (Lipinski definition) is 3. The number of fused-ring (bicyclic) bond motifs is 3. The van der Waals surface area contributed by atoms with E-state index >= 15 is 41.5 Å². The van der Waals surface area contributed by atoms with Gasteiger partial charge in [-0.3, -0.25) is 57.5 Å². The maximum Gasteiger partial charge on any atom is 0.397 e. The summed E-state index contributed by atoms with van der Waals surface area (Å²) in [5.74, 6) is -19.2. The van der Waals surface area contributed by atoms with Crippen molar-refractivity contribution in [2.24, 2.45) is 29.6 Å². The number of nitrogens with zero attached hydrogens (tertiary/aromatic N) is 9. The Balaban J connectivity index is 1.30.